The number of aromatic nitrogens is 1. The maximum absolute atomic E-state index is 12.9. The van der Waals surface area contributed by atoms with Crippen LogP contribution in [0.25, 0.3) is 10.9 Å². The van der Waals surface area contributed by atoms with E-state index in [4.69, 9.17) is 0 Å². The summed E-state index contributed by atoms with van der Waals surface area (Å²) in [5, 5.41) is 13.7. The average molecular weight is 362 g/mol. The van der Waals surface area contributed by atoms with Crippen molar-refractivity contribution in [3.05, 3.63) is 82.7 Å². The third-order valence-electron chi connectivity index (χ3n) is 4.52. The van der Waals surface area contributed by atoms with Gasteiger partial charge in [0.15, 0.2) is 0 Å². The first kappa shape index (κ1) is 18.5. The van der Waals surface area contributed by atoms with Crippen LogP contribution in [0.1, 0.15) is 35.7 Å². The van der Waals surface area contributed by atoms with Gasteiger partial charge in [-0.05, 0) is 35.7 Å². The Bertz CT molecular complexity index is 1060. The van der Waals surface area contributed by atoms with E-state index < -0.39 is 11.5 Å². The van der Waals surface area contributed by atoms with Crippen molar-refractivity contribution in [2.45, 2.75) is 26.3 Å². The van der Waals surface area contributed by atoms with Gasteiger partial charge in [-0.3, -0.25) is 9.59 Å². The molecule has 0 fully saturated rings. The summed E-state index contributed by atoms with van der Waals surface area (Å²) in [6, 6.07) is 14.4. The number of hydrogen-bond donors (Lipinski definition) is 2. The number of benzene rings is 2. The molecule has 5 heteroatoms. The Morgan fingerprint density at radius 3 is 2.48 bits per heavy atom. The number of para-hydroxylation sites is 1. The van der Waals surface area contributed by atoms with Gasteiger partial charge < -0.3 is 15.0 Å². The molecule has 0 aliphatic rings. The molecule has 5 nitrogen and oxygen atoms in total. The Kier molecular flexibility index (Phi) is 5.12. The second-order valence-electron chi connectivity index (χ2n) is 6.68. The molecule has 0 aliphatic carbocycles. The van der Waals surface area contributed by atoms with Crippen LogP contribution in [0.2, 0.25) is 0 Å². The SMILES string of the molecule is C=CCn1c(=O)c(C(=O)Nc2ccc(C(C)C)cc2)c(O)c2ccccc21. The lowest BCUT2D eigenvalue weighted by atomic mass is 10.0. The first-order valence-electron chi connectivity index (χ1n) is 8.80. The van der Waals surface area contributed by atoms with Crippen LogP contribution < -0.4 is 10.9 Å². The van der Waals surface area contributed by atoms with Crippen molar-refractivity contribution in [3.63, 3.8) is 0 Å². The van der Waals surface area contributed by atoms with Crippen molar-refractivity contribution in [3.8, 4) is 5.75 Å². The first-order chi connectivity index (χ1) is 12.9. The van der Waals surface area contributed by atoms with E-state index in [0.717, 1.165) is 5.56 Å². The summed E-state index contributed by atoms with van der Waals surface area (Å²) in [6.07, 6.45) is 1.58. The number of anilines is 1. The van der Waals surface area contributed by atoms with Crippen LogP contribution in [-0.4, -0.2) is 15.6 Å². The Morgan fingerprint density at radius 1 is 1.19 bits per heavy atom. The first-order valence-corrected chi connectivity index (χ1v) is 8.80. The van der Waals surface area contributed by atoms with E-state index in [0.29, 0.717) is 22.5 Å². The van der Waals surface area contributed by atoms with E-state index in [1.165, 1.54) is 4.57 Å². The Balaban J connectivity index is 2.06. The molecule has 0 unspecified atom stereocenters. The minimum absolute atomic E-state index is 0.239. The summed E-state index contributed by atoms with van der Waals surface area (Å²) in [6.45, 7) is 8.08. The standard InChI is InChI=1S/C22H22N2O3/c1-4-13-24-18-8-6-5-7-17(18)20(25)19(22(24)27)21(26)23-16-11-9-15(10-12-16)14(2)3/h4-12,14,25H,1,13H2,2-3H3,(H,23,26). The van der Waals surface area contributed by atoms with Crippen LogP contribution in [0, 0.1) is 0 Å². The number of nitrogens with one attached hydrogen (secondary N) is 1. The lowest BCUT2D eigenvalue weighted by Crippen LogP contribution is -2.29. The van der Waals surface area contributed by atoms with E-state index in [9.17, 15) is 14.7 Å². The Labute approximate surface area is 157 Å². The second-order valence-corrected chi connectivity index (χ2v) is 6.68. The highest BCUT2D eigenvalue weighted by atomic mass is 16.3. The van der Waals surface area contributed by atoms with Gasteiger partial charge in [0.05, 0.1) is 5.52 Å². The molecule has 0 saturated heterocycles. The predicted molar refractivity (Wildman–Crippen MR) is 109 cm³/mol. The van der Waals surface area contributed by atoms with Gasteiger partial charge in [0.25, 0.3) is 11.5 Å². The molecule has 2 N–H and O–H groups in total. The van der Waals surface area contributed by atoms with Crippen molar-refractivity contribution >= 4 is 22.5 Å². The highest BCUT2D eigenvalue weighted by Crippen LogP contribution is 2.27. The van der Waals surface area contributed by atoms with Crippen LogP contribution in [0.15, 0.2) is 66.0 Å². The summed E-state index contributed by atoms with van der Waals surface area (Å²) in [7, 11) is 0. The molecule has 138 valence electrons. The molecule has 0 aliphatic heterocycles. The van der Waals surface area contributed by atoms with Gasteiger partial charge in [-0.2, -0.15) is 0 Å². The van der Waals surface area contributed by atoms with Gasteiger partial charge >= 0.3 is 0 Å². The molecule has 27 heavy (non-hydrogen) atoms. The molecule has 1 aromatic heterocycles. The molecule has 0 saturated carbocycles. The van der Waals surface area contributed by atoms with Crippen LogP contribution in [0.4, 0.5) is 5.69 Å². The minimum Gasteiger partial charge on any atom is -0.506 e. The number of carbonyl (C=O) groups excluding carboxylic acids is 1. The number of nitrogens with zero attached hydrogens (tertiary/aromatic N) is 1. The van der Waals surface area contributed by atoms with E-state index in [1.54, 1.807) is 42.5 Å². The largest absolute Gasteiger partial charge is 0.506 e. The summed E-state index contributed by atoms with van der Waals surface area (Å²) < 4.78 is 1.43. The molecule has 1 amide bonds. The fourth-order valence-corrected chi connectivity index (χ4v) is 3.05. The van der Waals surface area contributed by atoms with Gasteiger partial charge in [-0.25, -0.2) is 0 Å². The number of carbonyl (C=O) groups is 1. The third-order valence-corrected chi connectivity index (χ3v) is 4.52. The quantitative estimate of drug-likeness (QED) is 0.666. The van der Waals surface area contributed by atoms with Gasteiger partial charge in [-0.1, -0.05) is 44.2 Å². The van der Waals surface area contributed by atoms with Crippen molar-refractivity contribution in [1.82, 2.24) is 4.57 Å². The molecule has 3 aromatic rings. The average Bonchev–Trinajstić information content (AvgIpc) is 2.65. The predicted octanol–water partition coefficient (Wildman–Crippen LogP) is 4.27. The molecule has 0 atom stereocenters. The molecular formula is C22H22N2O3. The van der Waals surface area contributed by atoms with Crippen LogP contribution in [0.5, 0.6) is 5.75 Å². The van der Waals surface area contributed by atoms with Gasteiger partial charge in [0, 0.05) is 17.6 Å². The minimum atomic E-state index is -0.640. The van der Waals surface area contributed by atoms with Gasteiger partial charge in [0.1, 0.15) is 11.3 Å². The fraction of sp³-hybridized carbons (Fsp3) is 0.182. The van der Waals surface area contributed by atoms with Gasteiger partial charge in [0.2, 0.25) is 0 Å². The number of hydrogen-bond acceptors (Lipinski definition) is 3. The lowest BCUT2D eigenvalue weighted by molar-refractivity contribution is 0.102. The zero-order valence-corrected chi connectivity index (χ0v) is 15.4. The molecule has 2 aromatic carbocycles. The molecule has 0 spiro atoms. The topological polar surface area (TPSA) is 71.3 Å². The number of pyridine rings is 1. The van der Waals surface area contributed by atoms with Gasteiger partial charge in [-0.15, -0.1) is 6.58 Å². The summed E-state index contributed by atoms with van der Waals surface area (Å²) in [5.74, 6) is -0.573. The van der Waals surface area contributed by atoms with Crippen LogP contribution in [0.3, 0.4) is 0 Å². The number of rotatable bonds is 5. The summed E-state index contributed by atoms with van der Waals surface area (Å²) in [5.41, 5.74) is 1.44. The summed E-state index contributed by atoms with van der Waals surface area (Å²) in [4.78, 5) is 25.6. The van der Waals surface area contributed by atoms with Crippen molar-refractivity contribution < 1.29 is 9.90 Å². The number of fused-ring (bicyclic) bond motifs is 1. The molecular weight excluding hydrogens is 340 g/mol. The Hall–Kier alpha value is -3.34. The van der Waals surface area contributed by atoms with E-state index in [1.807, 2.05) is 12.1 Å². The van der Waals surface area contributed by atoms with E-state index >= 15 is 0 Å². The summed E-state index contributed by atoms with van der Waals surface area (Å²) >= 11 is 0. The second kappa shape index (κ2) is 7.50. The monoisotopic (exact) mass is 362 g/mol. The van der Waals surface area contributed by atoms with Crippen LogP contribution in [-0.2, 0) is 6.54 Å². The Morgan fingerprint density at radius 2 is 1.85 bits per heavy atom. The molecule has 1 heterocycles. The molecule has 3 rings (SSSR count). The van der Waals surface area contributed by atoms with Crippen molar-refractivity contribution in [2.75, 3.05) is 5.32 Å². The fourth-order valence-electron chi connectivity index (χ4n) is 3.05. The maximum Gasteiger partial charge on any atom is 0.268 e. The molecule has 0 radical (unpaired) electrons. The normalized spacial score (nSPS) is 10.9. The zero-order valence-electron chi connectivity index (χ0n) is 15.4. The van der Waals surface area contributed by atoms with Crippen LogP contribution >= 0.6 is 0 Å². The van der Waals surface area contributed by atoms with E-state index in [-0.39, 0.29) is 17.9 Å². The smallest absolute Gasteiger partial charge is 0.268 e. The van der Waals surface area contributed by atoms with Crippen molar-refractivity contribution in [2.24, 2.45) is 0 Å². The lowest BCUT2D eigenvalue weighted by Gasteiger charge is -2.14. The third kappa shape index (κ3) is 3.49. The van der Waals surface area contributed by atoms with Crippen molar-refractivity contribution in [1.29, 1.82) is 0 Å². The number of amides is 1. The van der Waals surface area contributed by atoms with E-state index in [2.05, 4.69) is 25.7 Å². The zero-order chi connectivity index (χ0) is 19.6. The number of allylic oxidation sites excluding steroid dienone is 1. The highest BCUT2D eigenvalue weighted by Gasteiger charge is 2.22. The number of aromatic hydroxyl groups is 1. The maximum atomic E-state index is 12.9. The molecule has 0 bridgehead atoms. The highest BCUT2D eigenvalue weighted by molar-refractivity contribution is 6.09.